The van der Waals surface area contributed by atoms with E-state index in [-0.39, 0.29) is 0 Å². The van der Waals surface area contributed by atoms with Gasteiger partial charge in [-0.15, -0.1) is 0 Å². The van der Waals surface area contributed by atoms with Crippen molar-refractivity contribution in [3.05, 3.63) is 33.3 Å². The molecule has 1 aromatic rings. The fourth-order valence-corrected chi connectivity index (χ4v) is 2.55. The van der Waals surface area contributed by atoms with Gasteiger partial charge in [0.1, 0.15) is 0 Å². The molecule has 1 N–H and O–H groups in total. The molecule has 1 atom stereocenters. The van der Waals surface area contributed by atoms with E-state index in [9.17, 15) is 0 Å². The minimum absolute atomic E-state index is 0.449. The van der Waals surface area contributed by atoms with Gasteiger partial charge in [0.2, 0.25) is 0 Å². The zero-order valence-corrected chi connectivity index (χ0v) is 13.6. The minimum Gasteiger partial charge on any atom is -0.310 e. The molecule has 0 saturated carbocycles. The quantitative estimate of drug-likeness (QED) is 0.600. The average molecular weight is 333 g/mol. The van der Waals surface area contributed by atoms with Crippen molar-refractivity contribution in [2.75, 3.05) is 6.54 Å². The van der Waals surface area contributed by atoms with Crippen molar-refractivity contribution in [3.63, 3.8) is 0 Å². The van der Waals surface area contributed by atoms with E-state index in [0.717, 1.165) is 16.0 Å². The Balaban J connectivity index is 2.70. The van der Waals surface area contributed by atoms with E-state index in [1.54, 1.807) is 0 Å². The second-order valence-corrected chi connectivity index (χ2v) is 5.94. The predicted molar refractivity (Wildman–Crippen MR) is 84.3 cm³/mol. The molecule has 1 nitrogen and oxygen atoms in total. The molecular formula is C15H23BrClN. The van der Waals surface area contributed by atoms with E-state index < -0.39 is 0 Å². The van der Waals surface area contributed by atoms with Gasteiger partial charge in [-0.25, -0.2) is 0 Å². The van der Waals surface area contributed by atoms with Crippen molar-refractivity contribution < 1.29 is 0 Å². The van der Waals surface area contributed by atoms with Crippen LogP contribution in [0.4, 0.5) is 0 Å². The number of rotatable bonds is 8. The highest BCUT2D eigenvalue weighted by atomic mass is 79.9. The smallest absolute Gasteiger partial charge is 0.0548 e. The van der Waals surface area contributed by atoms with E-state index in [4.69, 9.17) is 11.6 Å². The molecule has 18 heavy (non-hydrogen) atoms. The maximum absolute atomic E-state index is 6.05. The molecule has 1 rings (SSSR count). The predicted octanol–water partition coefficient (Wildman–Crippen LogP) is 5.72. The molecule has 0 aliphatic rings. The Morgan fingerprint density at radius 1 is 1.22 bits per heavy atom. The van der Waals surface area contributed by atoms with Crippen molar-refractivity contribution in [1.29, 1.82) is 0 Å². The Morgan fingerprint density at radius 3 is 2.61 bits per heavy atom. The van der Waals surface area contributed by atoms with E-state index in [1.165, 1.54) is 37.7 Å². The Bertz CT molecular complexity index is 354. The van der Waals surface area contributed by atoms with Gasteiger partial charge >= 0.3 is 0 Å². The summed E-state index contributed by atoms with van der Waals surface area (Å²) >= 11 is 9.55. The zero-order chi connectivity index (χ0) is 13.4. The summed E-state index contributed by atoms with van der Waals surface area (Å²) < 4.78 is 0.987. The highest BCUT2D eigenvalue weighted by Crippen LogP contribution is 2.28. The lowest BCUT2D eigenvalue weighted by Crippen LogP contribution is -2.22. The van der Waals surface area contributed by atoms with Crippen molar-refractivity contribution in [2.24, 2.45) is 0 Å². The zero-order valence-electron chi connectivity index (χ0n) is 11.3. The normalized spacial score (nSPS) is 12.7. The molecule has 102 valence electrons. The number of nitrogens with one attached hydrogen (secondary N) is 1. The third kappa shape index (κ3) is 5.29. The van der Waals surface area contributed by atoms with Crippen LogP contribution in [0.25, 0.3) is 0 Å². The summed E-state index contributed by atoms with van der Waals surface area (Å²) in [7, 11) is 0. The second-order valence-electron chi connectivity index (χ2n) is 4.68. The highest BCUT2D eigenvalue weighted by Gasteiger charge is 2.11. The molecule has 0 saturated heterocycles. The fraction of sp³-hybridized carbons (Fsp3) is 0.600. The molecule has 0 radical (unpaired) electrons. The third-order valence-electron chi connectivity index (χ3n) is 3.08. The van der Waals surface area contributed by atoms with Crippen molar-refractivity contribution in [3.8, 4) is 0 Å². The van der Waals surface area contributed by atoms with Gasteiger partial charge in [0, 0.05) is 10.5 Å². The largest absolute Gasteiger partial charge is 0.310 e. The molecule has 0 aliphatic carbocycles. The minimum atomic E-state index is 0.449. The lowest BCUT2D eigenvalue weighted by Gasteiger charge is -2.19. The van der Waals surface area contributed by atoms with E-state index in [1.807, 2.05) is 6.07 Å². The molecule has 0 spiro atoms. The standard InChI is InChI=1S/C15H23BrClN/c1-3-5-6-7-15(18-10-4-2)12-8-9-14(17)13(16)11-12/h8-9,11,15,18H,3-7,10H2,1-2H3. The first-order valence-electron chi connectivity index (χ1n) is 6.87. The number of halogens is 2. The van der Waals surface area contributed by atoms with Crippen molar-refractivity contribution in [1.82, 2.24) is 5.32 Å². The number of unbranched alkanes of at least 4 members (excludes halogenated alkanes) is 2. The number of benzene rings is 1. The average Bonchev–Trinajstić information content (AvgIpc) is 2.37. The maximum atomic E-state index is 6.05. The van der Waals surface area contributed by atoms with Gasteiger partial charge in [-0.3, -0.25) is 0 Å². The Morgan fingerprint density at radius 2 is 2.00 bits per heavy atom. The lowest BCUT2D eigenvalue weighted by molar-refractivity contribution is 0.474. The molecule has 0 heterocycles. The molecule has 1 unspecified atom stereocenters. The molecule has 1 aromatic carbocycles. The summed E-state index contributed by atoms with van der Waals surface area (Å²) in [6.07, 6.45) is 6.21. The molecule has 0 amide bonds. The topological polar surface area (TPSA) is 12.0 Å². The first kappa shape index (κ1) is 16.0. The molecular weight excluding hydrogens is 310 g/mol. The Kier molecular flexibility index (Phi) is 7.96. The van der Waals surface area contributed by atoms with Gasteiger partial charge in [0.05, 0.1) is 5.02 Å². The van der Waals surface area contributed by atoms with Gasteiger partial charge in [-0.1, -0.05) is 50.8 Å². The highest BCUT2D eigenvalue weighted by molar-refractivity contribution is 9.10. The number of hydrogen-bond acceptors (Lipinski definition) is 1. The summed E-state index contributed by atoms with van der Waals surface area (Å²) in [6.45, 7) is 5.51. The maximum Gasteiger partial charge on any atom is 0.0548 e. The van der Waals surface area contributed by atoms with E-state index in [0.29, 0.717) is 6.04 Å². The Labute approximate surface area is 124 Å². The van der Waals surface area contributed by atoms with Crippen LogP contribution in [0.1, 0.15) is 57.6 Å². The molecule has 3 heteroatoms. The van der Waals surface area contributed by atoms with Crippen LogP contribution in [0.2, 0.25) is 5.02 Å². The fourth-order valence-electron chi connectivity index (χ4n) is 2.03. The second kappa shape index (κ2) is 8.95. The first-order chi connectivity index (χ1) is 8.69. The van der Waals surface area contributed by atoms with Crippen LogP contribution in [0.5, 0.6) is 0 Å². The van der Waals surface area contributed by atoms with Gasteiger partial charge in [-0.05, 0) is 53.0 Å². The van der Waals surface area contributed by atoms with Crippen LogP contribution in [0, 0.1) is 0 Å². The van der Waals surface area contributed by atoms with Crippen LogP contribution < -0.4 is 5.32 Å². The Hall–Kier alpha value is -0.0500. The summed E-state index contributed by atoms with van der Waals surface area (Å²) in [5, 5.41) is 4.41. The summed E-state index contributed by atoms with van der Waals surface area (Å²) in [6, 6.07) is 6.69. The van der Waals surface area contributed by atoms with E-state index >= 15 is 0 Å². The third-order valence-corrected chi connectivity index (χ3v) is 4.30. The van der Waals surface area contributed by atoms with E-state index in [2.05, 4.69) is 47.2 Å². The lowest BCUT2D eigenvalue weighted by atomic mass is 10.0. The van der Waals surface area contributed by atoms with Gasteiger partial charge < -0.3 is 5.32 Å². The van der Waals surface area contributed by atoms with Crippen LogP contribution >= 0.6 is 27.5 Å². The van der Waals surface area contributed by atoms with Crippen LogP contribution in [0.3, 0.4) is 0 Å². The summed E-state index contributed by atoms with van der Waals surface area (Å²) in [5.41, 5.74) is 1.33. The molecule has 0 fully saturated rings. The molecule has 0 bridgehead atoms. The van der Waals surface area contributed by atoms with Gasteiger partial charge in [0.25, 0.3) is 0 Å². The van der Waals surface area contributed by atoms with Crippen LogP contribution in [-0.4, -0.2) is 6.54 Å². The SMILES string of the molecule is CCCCCC(NCCC)c1ccc(Cl)c(Br)c1. The summed E-state index contributed by atoms with van der Waals surface area (Å²) in [5.74, 6) is 0. The molecule has 0 aromatic heterocycles. The number of hydrogen-bond donors (Lipinski definition) is 1. The molecule has 0 aliphatic heterocycles. The van der Waals surface area contributed by atoms with Crippen LogP contribution in [0.15, 0.2) is 22.7 Å². The van der Waals surface area contributed by atoms with Crippen molar-refractivity contribution in [2.45, 2.75) is 52.0 Å². The van der Waals surface area contributed by atoms with Gasteiger partial charge in [-0.2, -0.15) is 0 Å². The van der Waals surface area contributed by atoms with Crippen molar-refractivity contribution >= 4 is 27.5 Å². The summed E-state index contributed by atoms with van der Waals surface area (Å²) in [4.78, 5) is 0. The van der Waals surface area contributed by atoms with Gasteiger partial charge in [0.15, 0.2) is 0 Å². The first-order valence-corrected chi connectivity index (χ1v) is 8.04. The van der Waals surface area contributed by atoms with Crippen LogP contribution in [-0.2, 0) is 0 Å². The monoisotopic (exact) mass is 331 g/mol.